The fourth-order valence-corrected chi connectivity index (χ4v) is 1.81. The lowest BCUT2D eigenvalue weighted by Crippen LogP contribution is -1.83. The van der Waals surface area contributed by atoms with Gasteiger partial charge in [0, 0.05) is 4.47 Å². The smallest absolute Gasteiger partial charge is 0.267 e. The van der Waals surface area contributed by atoms with Crippen molar-refractivity contribution in [2.24, 2.45) is 0 Å². The summed E-state index contributed by atoms with van der Waals surface area (Å²) in [5, 5.41) is 4.77. The van der Waals surface area contributed by atoms with Crippen molar-refractivity contribution in [3.63, 3.8) is 0 Å². The minimum atomic E-state index is 0.489. The molecule has 0 fully saturated rings. The van der Waals surface area contributed by atoms with E-state index in [4.69, 9.17) is 9.26 Å². The number of nitrogens with zero attached hydrogens (tertiary/aromatic N) is 1. The number of aromatic nitrogens is 1. The summed E-state index contributed by atoms with van der Waals surface area (Å²) in [6, 6.07) is 15.2. The van der Waals surface area contributed by atoms with Crippen LogP contribution < -0.4 is 4.74 Å². The third-order valence-electron chi connectivity index (χ3n) is 2.37. The van der Waals surface area contributed by atoms with Gasteiger partial charge in [-0.2, -0.15) is 0 Å². The largest absolute Gasteiger partial charge is 0.436 e. The molecular formula is C13H8BrNO2. The number of rotatable bonds is 2. The summed E-state index contributed by atoms with van der Waals surface area (Å²) < 4.78 is 11.8. The Morgan fingerprint density at radius 3 is 2.59 bits per heavy atom. The Labute approximate surface area is 106 Å². The first-order valence-electron chi connectivity index (χ1n) is 5.11. The van der Waals surface area contributed by atoms with Gasteiger partial charge in [-0.3, -0.25) is 0 Å². The summed E-state index contributed by atoms with van der Waals surface area (Å²) in [6.45, 7) is 0. The maximum Gasteiger partial charge on any atom is 0.267 e. The molecule has 0 N–H and O–H groups in total. The lowest BCUT2D eigenvalue weighted by molar-refractivity contribution is 0.384. The average Bonchev–Trinajstić information content (AvgIpc) is 2.76. The highest BCUT2D eigenvalue weighted by atomic mass is 79.9. The molecule has 3 nitrogen and oxygen atoms in total. The summed E-state index contributed by atoms with van der Waals surface area (Å²) >= 11 is 3.37. The fraction of sp³-hybridized carbons (Fsp3) is 0. The van der Waals surface area contributed by atoms with Crippen LogP contribution in [0, 0.1) is 0 Å². The molecular weight excluding hydrogens is 282 g/mol. The van der Waals surface area contributed by atoms with Crippen LogP contribution in [-0.4, -0.2) is 5.16 Å². The normalized spacial score (nSPS) is 10.6. The molecule has 0 radical (unpaired) electrons. The molecule has 0 spiro atoms. The molecule has 1 heterocycles. The fourth-order valence-electron chi connectivity index (χ4n) is 1.55. The van der Waals surface area contributed by atoms with Gasteiger partial charge in [-0.15, -0.1) is 0 Å². The van der Waals surface area contributed by atoms with Gasteiger partial charge in [-0.25, -0.2) is 0 Å². The van der Waals surface area contributed by atoms with Gasteiger partial charge in [0.25, 0.3) is 5.88 Å². The molecule has 17 heavy (non-hydrogen) atoms. The molecule has 0 amide bonds. The first-order valence-corrected chi connectivity index (χ1v) is 5.90. The number of ether oxygens (including phenoxy) is 1. The molecule has 3 aromatic rings. The first-order chi connectivity index (χ1) is 8.33. The zero-order chi connectivity index (χ0) is 11.7. The summed E-state index contributed by atoms with van der Waals surface area (Å²) in [4.78, 5) is 0. The van der Waals surface area contributed by atoms with E-state index in [1.54, 1.807) is 0 Å². The van der Waals surface area contributed by atoms with Gasteiger partial charge in [0.1, 0.15) is 5.75 Å². The summed E-state index contributed by atoms with van der Waals surface area (Å²) in [5.74, 6) is 1.22. The second-order valence-corrected chi connectivity index (χ2v) is 4.46. The summed E-state index contributed by atoms with van der Waals surface area (Å²) in [7, 11) is 0. The zero-order valence-corrected chi connectivity index (χ0v) is 10.3. The molecule has 84 valence electrons. The molecule has 0 aliphatic rings. The SMILES string of the molecule is Brc1ccc(Oc2noc3ccccc23)cc1. The van der Waals surface area contributed by atoms with E-state index in [2.05, 4.69) is 21.1 Å². The van der Waals surface area contributed by atoms with Gasteiger partial charge in [-0.1, -0.05) is 28.1 Å². The Morgan fingerprint density at radius 1 is 1.00 bits per heavy atom. The lowest BCUT2D eigenvalue weighted by Gasteiger charge is -2.01. The van der Waals surface area contributed by atoms with Crippen LogP contribution >= 0.6 is 15.9 Å². The van der Waals surface area contributed by atoms with E-state index < -0.39 is 0 Å². The topological polar surface area (TPSA) is 35.3 Å². The predicted molar refractivity (Wildman–Crippen MR) is 68.2 cm³/mol. The van der Waals surface area contributed by atoms with E-state index in [0.717, 1.165) is 21.2 Å². The molecule has 0 saturated carbocycles. The van der Waals surface area contributed by atoms with Gasteiger partial charge >= 0.3 is 0 Å². The predicted octanol–water partition coefficient (Wildman–Crippen LogP) is 4.38. The van der Waals surface area contributed by atoms with Crippen molar-refractivity contribution in [3.05, 3.63) is 53.0 Å². The van der Waals surface area contributed by atoms with E-state index in [-0.39, 0.29) is 0 Å². The van der Waals surface area contributed by atoms with Gasteiger partial charge in [0.2, 0.25) is 0 Å². The van der Waals surface area contributed by atoms with Gasteiger partial charge in [0.05, 0.1) is 5.39 Å². The van der Waals surface area contributed by atoms with Crippen molar-refractivity contribution < 1.29 is 9.26 Å². The van der Waals surface area contributed by atoms with Gasteiger partial charge < -0.3 is 9.26 Å². The molecule has 3 rings (SSSR count). The van der Waals surface area contributed by atoms with E-state index in [1.165, 1.54) is 0 Å². The molecule has 0 aliphatic heterocycles. The zero-order valence-electron chi connectivity index (χ0n) is 8.76. The van der Waals surface area contributed by atoms with Crippen molar-refractivity contribution in [3.8, 4) is 11.6 Å². The number of para-hydroxylation sites is 1. The van der Waals surface area contributed by atoms with E-state index in [1.807, 2.05) is 48.5 Å². The van der Waals surface area contributed by atoms with Gasteiger partial charge in [-0.05, 0) is 41.6 Å². The highest BCUT2D eigenvalue weighted by molar-refractivity contribution is 9.10. The van der Waals surface area contributed by atoms with Crippen LogP contribution in [-0.2, 0) is 0 Å². The number of hydrogen-bond donors (Lipinski definition) is 0. The molecule has 0 unspecified atom stereocenters. The highest BCUT2D eigenvalue weighted by Crippen LogP contribution is 2.29. The second-order valence-electron chi connectivity index (χ2n) is 3.54. The van der Waals surface area contributed by atoms with Crippen LogP contribution in [0.4, 0.5) is 0 Å². The molecule has 2 aromatic carbocycles. The van der Waals surface area contributed by atoms with Crippen molar-refractivity contribution in [2.45, 2.75) is 0 Å². The van der Waals surface area contributed by atoms with Crippen molar-refractivity contribution in [2.75, 3.05) is 0 Å². The summed E-state index contributed by atoms with van der Waals surface area (Å²) in [5.41, 5.74) is 0.722. The van der Waals surface area contributed by atoms with Crippen LogP contribution in [0.1, 0.15) is 0 Å². The maximum absolute atomic E-state index is 5.66. The lowest BCUT2D eigenvalue weighted by atomic mass is 10.2. The second kappa shape index (κ2) is 4.22. The number of benzene rings is 2. The molecule has 0 saturated heterocycles. The van der Waals surface area contributed by atoms with E-state index in [9.17, 15) is 0 Å². The van der Waals surface area contributed by atoms with Crippen molar-refractivity contribution in [1.82, 2.24) is 5.16 Å². The first kappa shape index (κ1) is 10.4. The van der Waals surface area contributed by atoms with Crippen LogP contribution in [0.25, 0.3) is 11.0 Å². The van der Waals surface area contributed by atoms with E-state index >= 15 is 0 Å². The van der Waals surface area contributed by atoms with Crippen molar-refractivity contribution in [1.29, 1.82) is 0 Å². The molecule has 1 aromatic heterocycles. The highest BCUT2D eigenvalue weighted by Gasteiger charge is 2.08. The van der Waals surface area contributed by atoms with Crippen LogP contribution in [0.5, 0.6) is 11.6 Å². The van der Waals surface area contributed by atoms with Crippen LogP contribution in [0.15, 0.2) is 57.5 Å². The van der Waals surface area contributed by atoms with E-state index in [0.29, 0.717) is 5.88 Å². The number of fused-ring (bicyclic) bond motifs is 1. The third-order valence-corrected chi connectivity index (χ3v) is 2.90. The maximum atomic E-state index is 5.66. The average molecular weight is 290 g/mol. The summed E-state index contributed by atoms with van der Waals surface area (Å²) in [6.07, 6.45) is 0. The van der Waals surface area contributed by atoms with Crippen LogP contribution in [0.3, 0.4) is 0 Å². The Hall–Kier alpha value is -1.81. The third kappa shape index (κ3) is 2.03. The van der Waals surface area contributed by atoms with Crippen LogP contribution in [0.2, 0.25) is 0 Å². The molecule has 0 atom stereocenters. The number of hydrogen-bond acceptors (Lipinski definition) is 3. The van der Waals surface area contributed by atoms with Gasteiger partial charge in [0.15, 0.2) is 5.58 Å². The minimum Gasteiger partial charge on any atom is -0.436 e. The number of halogens is 1. The molecule has 0 bridgehead atoms. The van der Waals surface area contributed by atoms with Crippen molar-refractivity contribution >= 4 is 26.9 Å². The monoisotopic (exact) mass is 289 g/mol. The Morgan fingerprint density at radius 2 is 1.76 bits per heavy atom. The molecule has 0 aliphatic carbocycles. The minimum absolute atomic E-state index is 0.489. The Bertz CT molecular complexity index is 646. The Balaban J connectivity index is 1.97. The molecule has 4 heteroatoms. The Kier molecular flexibility index (Phi) is 2.57. The quantitative estimate of drug-likeness (QED) is 0.702. The standard InChI is InChI=1S/C13H8BrNO2/c14-9-5-7-10(8-6-9)16-13-11-3-1-2-4-12(11)17-15-13/h1-8H.